The molecule has 0 radical (unpaired) electrons. The van der Waals surface area contributed by atoms with Gasteiger partial charge in [-0.25, -0.2) is 0 Å². The van der Waals surface area contributed by atoms with Crippen molar-refractivity contribution in [3.63, 3.8) is 0 Å². The highest BCUT2D eigenvalue weighted by Crippen LogP contribution is 2.31. The number of nitrogens with one attached hydrogen (secondary N) is 2. The van der Waals surface area contributed by atoms with Crippen LogP contribution in [0.3, 0.4) is 0 Å². The van der Waals surface area contributed by atoms with Crippen molar-refractivity contribution in [2.24, 2.45) is 5.92 Å². The van der Waals surface area contributed by atoms with Crippen molar-refractivity contribution in [3.05, 3.63) is 0 Å². The third-order valence-electron chi connectivity index (χ3n) is 5.47. The van der Waals surface area contributed by atoms with Gasteiger partial charge in [0, 0.05) is 25.2 Å². The van der Waals surface area contributed by atoms with E-state index in [2.05, 4.69) is 15.5 Å². The molecule has 19 heavy (non-hydrogen) atoms. The van der Waals surface area contributed by atoms with Gasteiger partial charge in [-0.2, -0.15) is 0 Å². The first-order valence-electron chi connectivity index (χ1n) is 8.62. The lowest BCUT2D eigenvalue weighted by molar-refractivity contribution is 0.220. The summed E-state index contributed by atoms with van der Waals surface area (Å²) in [6, 6.07) is 1.61. The fraction of sp³-hybridized carbons (Fsp3) is 1.00. The Morgan fingerprint density at radius 3 is 2.63 bits per heavy atom. The molecule has 3 unspecified atom stereocenters. The molecule has 2 heterocycles. The Balaban J connectivity index is 1.38. The smallest absolute Gasteiger partial charge is 0.0111 e. The molecule has 2 saturated heterocycles. The summed E-state index contributed by atoms with van der Waals surface area (Å²) in [4.78, 5) is 2.65. The molecule has 1 aliphatic carbocycles. The molecule has 0 amide bonds. The van der Waals surface area contributed by atoms with Gasteiger partial charge in [0.25, 0.3) is 0 Å². The average Bonchev–Trinajstić information content (AvgIpc) is 3.10. The van der Waals surface area contributed by atoms with Crippen LogP contribution in [0.2, 0.25) is 0 Å². The van der Waals surface area contributed by atoms with Gasteiger partial charge in [-0.1, -0.05) is 12.8 Å². The molecule has 3 fully saturated rings. The molecule has 0 bridgehead atoms. The van der Waals surface area contributed by atoms with Crippen molar-refractivity contribution in [3.8, 4) is 0 Å². The summed E-state index contributed by atoms with van der Waals surface area (Å²) in [5, 5.41) is 7.59. The quantitative estimate of drug-likeness (QED) is 0.796. The minimum Gasteiger partial charge on any atom is -0.314 e. The van der Waals surface area contributed by atoms with Crippen molar-refractivity contribution in [1.29, 1.82) is 0 Å². The van der Waals surface area contributed by atoms with E-state index < -0.39 is 0 Å². The van der Waals surface area contributed by atoms with Gasteiger partial charge in [0.2, 0.25) is 0 Å². The summed E-state index contributed by atoms with van der Waals surface area (Å²) in [7, 11) is 0. The molecule has 1 saturated carbocycles. The number of hydrogen-bond acceptors (Lipinski definition) is 3. The van der Waals surface area contributed by atoms with Gasteiger partial charge >= 0.3 is 0 Å². The first kappa shape index (κ1) is 13.8. The normalized spacial score (nSPS) is 36.9. The highest BCUT2D eigenvalue weighted by molar-refractivity contribution is 4.93. The molecule has 0 aromatic heterocycles. The Labute approximate surface area is 118 Å². The molecule has 3 rings (SSSR count). The van der Waals surface area contributed by atoms with Crippen molar-refractivity contribution in [2.45, 2.75) is 63.5 Å². The third-order valence-corrected chi connectivity index (χ3v) is 5.47. The zero-order chi connectivity index (χ0) is 12.9. The highest BCUT2D eigenvalue weighted by atomic mass is 15.1. The predicted molar refractivity (Wildman–Crippen MR) is 80.4 cm³/mol. The maximum absolute atomic E-state index is 3.87. The number of nitrogens with zero attached hydrogens (tertiary/aromatic N) is 1. The Kier molecular flexibility index (Phi) is 5.14. The van der Waals surface area contributed by atoms with E-state index in [1.54, 1.807) is 0 Å². The molecule has 0 aromatic rings. The second-order valence-electron chi connectivity index (χ2n) is 6.76. The van der Waals surface area contributed by atoms with Gasteiger partial charge in [0.1, 0.15) is 0 Å². The largest absolute Gasteiger partial charge is 0.314 e. The Morgan fingerprint density at radius 1 is 0.947 bits per heavy atom. The Morgan fingerprint density at radius 2 is 1.84 bits per heavy atom. The highest BCUT2D eigenvalue weighted by Gasteiger charge is 2.34. The van der Waals surface area contributed by atoms with E-state index in [0.717, 1.165) is 18.0 Å². The van der Waals surface area contributed by atoms with E-state index in [4.69, 9.17) is 0 Å². The number of likely N-dealkylation sites (tertiary alicyclic amines) is 1. The van der Waals surface area contributed by atoms with Crippen LogP contribution in [-0.2, 0) is 0 Å². The first-order valence-corrected chi connectivity index (χ1v) is 8.62. The molecule has 110 valence electrons. The van der Waals surface area contributed by atoms with Crippen LogP contribution in [0.1, 0.15) is 51.4 Å². The van der Waals surface area contributed by atoms with Crippen LogP contribution < -0.4 is 10.6 Å². The molecule has 2 aliphatic heterocycles. The van der Waals surface area contributed by atoms with Crippen LogP contribution in [0.15, 0.2) is 0 Å². The molecule has 3 heteroatoms. The van der Waals surface area contributed by atoms with Crippen LogP contribution in [-0.4, -0.2) is 49.7 Å². The van der Waals surface area contributed by atoms with Gasteiger partial charge in [-0.15, -0.1) is 0 Å². The summed E-state index contributed by atoms with van der Waals surface area (Å²) >= 11 is 0. The topological polar surface area (TPSA) is 27.3 Å². The van der Waals surface area contributed by atoms with Crippen LogP contribution in [0.25, 0.3) is 0 Å². The first-order chi connectivity index (χ1) is 9.43. The molecule has 3 nitrogen and oxygen atoms in total. The van der Waals surface area contributed by atoms with Gasteiger partial charge in [-0.3, -0.25) is 0 Å². The minimum absolute atomic E-state index is 0.792. The number of piperidine rings is 1. The fourth-order valence-corrected chi connectivity index (χ4v) is 4.39. The van der Waals surface area contributed by atoms with Crippen LogP contribution >= 0.6 is 0 Å². The van der Waals surface area contributed by atoms with E-state index in [9.17, 15) is 0 Å². The van der Waals surface area contributed by atoms with Crippen molar-refractivity contribution >= 4 is 0 Å². The Bertz CT molecular complexity index is 257. The van der Waals surface area contributed by atoms with E-state index in [1.165, 1.54) is 84.1 Å². The zero-order valence-corrected chi connectivity index (χ0v) is 12.4. The molecule has 3 atom stereocenters. The maximum atomic E-state index is 3.87. The summed E-state index contributed by atoms with van der Waals surface area (Å²) in [5.41, 5.74) is 0. The molecule has 2 N–H and O–H groups in total. The molecule has 0 aromatic carbocycles. The van der Waals surface area contributed by atoms with Crippen molar-refractivity contribution in [2.75, 3.05) is 32.7 Å². The minimum atomic E-state index is 0.792. The average molecular weight is 265 g/mol. The van der Waals surface area contributed by atoms with Crippen molar-refractivity contribution < 1.29 is 0 Å². The number of hydrogen-bond donors (Lipinski definition) is 2. The second-order valence-corrected chi connectivity index (χ2v) is 6.76. The zero-order valence-electron chi connectivity index (χ0n) is 12.4. The standard InChI is InChI=1S/C16H31N3/c1-2-11-19(12-3-1)13-10-18-15-7-4-6-14(15)16-8-5-9-17-16/h14-18H,1-13H2. The van der Waals surface area contributed by atoms with E-state index >= 15 is 0 Å². The van der Waals surface area contributed by atoms with Gasteiger partial charge < -0.3 is 15.5 Å². The molecular weight excluding hydrogens is 234 g/mol. The van der Waals surface area contributed by atoms with E-state index in [-0.39, 0.29) is 0 Å². The van der Waals surface area contributed by atoms with Crippen LogP contribution in [0.5, 0.6) is 0 Å². The van der Waals surface area contributed by atoms with Gasteiger partial charge in [0.15, 0.2) is 0 Å². The summed E-state index contributed by atoms with van der Waals surface area (Å²) in [6.07, 6.45) is 11.4. The van der Waals surface area contributed by atoms with E-state index in [0.29, 0.717) is 0 Å². The number of rotatable bonds is 5. The predicted octanol–water partition coefficient (Wildman–Crippen LogP) is 1.98. The third kappa shape index (κ3) is 3.71. The van der Waals surface area contributed by atoms with Gasteiger partial charge in [0.05, 0.1) is 0 Å². The van der Waals surface area contributed by atoms with Crippen molar-refractivity contribution in [1.82, 2.24) is 15.5 Å². The van der Waals surface area contributed by atoms with E-state index in [1.807, 2.05) is 0 Å². The summed E-state index contributed by atoms with van der Waals surface area (Å²) in [6.45, 7) is 6.39. The molecular formula is C16H31N3. The van der Waals surface area contributed by atoms with Crippen LogP contribution in [0, 0.1) is 5.92 Å². The monoisotopic (exact) mass is 265 g/mol. The maximum Gasteiger partial charge on any atom is 0.0111 e. The SMILES string of the molecule is C1CCN(CCNC2CCCC2C2CCCN2)CC1. The second kappa shape index (κ2) is 7.05. The summed E-state index contributed by atoms with van der Waals surface area (Å²) < 4.78 is 0. The lowest BCUT2D eigenvalue weighted by Crippen LogP contribution is -2.45. The molecule has 0 spiro atoms. The summed E-state index contributed by atoms with van der Waals surface area (Å²) in [5.74, 6) is 0.906. The van der Waals surface area contributed by atoms with Crippen LogP contribution in [0.4, 0.5) is 0 Å². The lowest BCUT2D eigenvalue weighted by Gasteiger charge is -2.29. The lowest BCUT2D eigenvalue weighted by atomic mass is 9.93. The van der Waals surface area contributed by atoms with Gasteiger partial charge in [-0.05, 0) is 64.1 Å². The Hall–Kier alpha value is -0.120. The fourth-order valence-electron chi connectivity index (χ4n) is 4.39. The molecule has 3 aliphatic rings.